The lowest BCUT2D eigenvalue weighted by Gasteiger charge is -2.18. The number of nitrogens with one attached hydrogen (secondary N) is 2. The van der Waals surface area contributed by atoms with Crippen molar-refractivity contribution in [2.24, 2.45) is 0 Å². The molecule has 1 aliphatic heterocycles. The fourth-order valence-corrected chi connectivity index (χ4v) is 3.03. The van der Waals surface area contributed by atoms with Crippen molar-refractivity contribution in [3.63, 3.8) is 0 Å². The molecule has 2 aromatic rings. The summed E-state index contributed by atoms with van der Waals surface area (Å²) in [6.07, 6.45) is 2.51. The standard InChI is InChI=1S/C21H23N3O3/c1-2-13-27-19-10-6-4-8-17(19)14-22-21(26)23-15-20(25)24-12-11-16-7-3-5-9-18(16)24/h2-10H,1,11-15H2,(H2,22,23,26). The minimum Gasteiger partial charge on any atom is -0.489 e. The van der Waals surface area contributed by atoms with E-state index in [1.165, 1.54) is 0 Å². The first-order valence-electron chi connectivity index (χ1n) is 8.90. The molecule has 6 nitrogen and oxygen atoms in total. The Balaban J connectivity index is 1.48. The van der Waals surface area contributed by atoms with Crippen LogP contribution in [0.15, 0.2) is 61.2 Å². The second-order valence-electron chi connectivity index (χ2n) is 6.17. The van der Waals surface area contributed by atoms with Gasteiger partial charge in [-0.1, -0.05) is 49.1 Å². The number of para-hydroxylation sites is 2. The van der Waals surface area contributed by atoms with E-state index in [1.807, 2.05) is 48.5 Å². The summed E-state index contributed by atoms with van der Waals surface area (Å²) in [7, 11) is 0. The Kier molecular flexibility index (Phi) is 6.10. The van der Waals surface area contributed by atoms with Gasteiger partial charge in [0, 0.05) is 24.3 Å². The van der Waals surface area contributed by atoms with Gasteiger partial charge in [-0.3, -0.25) is 4.79 Å². The molecule has 1 heterocycles. The summed E-state index contributed by atoms with van der Waals surface area (Å²) in [5.74, 6) is 0.576. The third kappa shape index (κ3) is 4.67. The third-order valence-corrected chi connectivity index (χ3v) is 4.36. The van der Waals surface area contributed by atoms with E-state index in [-0.39, 0.29) is 12.5 Å². The van der Waals surface area contributed by atoms with Crippen molar-refractivity contribution < 1.29 is 14.3 Å². The molecule has 0 saturated carbocycles. The van der Waals surface area contributed by atoms with E-state index in [1.54, 1.807) is 11.0 Å². The predicted octanol–water partition coefficient (Wildman–Crippen LogP) is 2.64. The molecule has 0 bridgehead atoms. The van der Waals surface area contributed by atoms with Crippen molar-refractivity contribution in [1.29, 1.82) is 0 Å². The van der Waals surface area contributed by atoms with Gasteiger partial charge in [0.15, 0.2) is 0 Å². The highest BCUT2D eigenvalue weighted by atomic mass is 16.5. The lowest BCUT2D eigenvalue weighted by Crippen LogP contribution is -2.43. The summed E-state index contributed by atoms with van der Waals surface area (Å²) in [6.45, 7) is 4.93. The molecule has 1 aliphatic rings. The fraction of sp³-hybridized carbons (Fsp3) is 0.238. The van der Waals surface area contributed by atoms with Crippen LogP contribution in [-0.4, -0.2) is 31.6 Å². The lowest BCUT2D eigenvalue weighted by atomic mass is 10.2. The van der Waals surface area contributed by atoms with Crippen LogP contribution >= 0.6 is 0 Å². The Morgan fingerprint density at radius 2 is 1.89 bits per heavy atom. The summed E-state index contributed by atoms with van der Waals surface area (Å²) >= 11 is 0. The van der Waals surface area contributed by atoms with Gasteiger partial charge in [-0.15, -0.1) is 0 Å². The summed E-state index contributed by atoms with van der Waals surface area (Å²) in [6, 6.07) is 14.9. The number of hydrogen-bond donors (Lipinski definition) is 2. The number of nitrogens with zero attached hydrogens (tertiary/aromatic N) is 1. The van der Waals surface area contributed by atoms with Crippen LogP contribution in [0, 0.1) is 0 Å². The molecule has 0 unspecified atom stereocenters. The molecule has 0 fully saturated rings. The highest BCUT2D eigenvalue weighted by Crippen LogP contribution is 2.27. The van der Waals surface area contributed by atoms with Gasteiger partial charge in [0.25, 0.3) is 0 Å². The maximum absolute atomic E-state index is 12.4. The normalized spacial score (nSPS) is 12.2. The molecular formula is C21H23N3O3. The zero-order valence-corrected chi connectivity index (χ0v) is 15.1. The zero-order valence-electron chi connectivity index (χ0n) is 15.1. The Labute approximate surface area is 158 Å². The Morgan fingerprint density at radius 1 is 1.11 bits per heavy atom. The van der Waals surface area contributed by atoms with Crippen LogP contribution in [0.5, 0.6) is 5.75 Å². The van der Waals surface area contributed by atoms with Crippen LogP contribution in [0.25, 0.3) is 0 Å². The van der Waals surface area contributed by atoms with Gasteiger partial charge in [-0.25, -0.2) is 4.79 Å². The van der Waals surface area contributed by atoms with E-state index in [0.29, 0.717) is 25.4 Å². The minimum absolute atomic E-state index is 0.0468. The van der Waals surface area contributed by atoms with Gasteiger partial charge >= 0.3 is 6.03 Å². The molecule has 3 amide bonds. The summed E-state index contributed by atoms with van der Waals surface area (Å²) in [5, 5.41) is 5.38. The van der Waals surface area contributed by atoms with Gasteiger partial charge in [0.05, 0.1) is 6.54 Å². The van der Waals surface area contributed by atoms with Crippen molar-refractivity contribution >= 4 is 17.6 Å². The topological polar surface area (TPSA) is 70.7 Å². The van der Waals surface area contributed by atoms with Crippen molar-refractivity contribution in [3.05, 3.63) is 72.3 Å². The van der Waals surface area contributed by atoms with E-state index < -0.39 is 6.03 Å². The molecule has 6 heteroatoms. The smallest absolute Gasteiger partial charge is 0.315 e. The van der Waals surface area contributed by atoms with E-state index in [9.17, 15) is 9.59 Å². The van der Waals surface area contributed by atoms with Crippen LogP contribution in [0.1, 0.15) is 11.1 Å². The van der Waals surface area contributed by atoms with Gasteiger partial charge < -0.3 is 20.3 Å². The number of carbonyl (C=O) groups is 2. The Bertz CT molecular complexity index is 835. The fourth-order valence-electron chi connectivity index (χ4n) is 3.03. The van der Waals surface area contributed by atoms with E-state index in [0.717, 1.165) is 23.2 Å². The number of hydrogen-bond acceptors (Lipinski definition) is 3. The van der Waals surface area contributed by atoms with Crippen LogP contribution in [-0.2, 0) is 17.8 Å². The Morgan fingerprint density at radius 3 is 2.74 bits per heavy atom. The number of carbonyl (C=O) groups excluding carboxylic acids is 2. The number of fused-ring (bicyclic) bond motifs is 1. The molecule has 3 rings (SSSR count). The molecule has 2 N–H and O–H groups in total. The molecule has 140 valence electrons. The molecule has 27 heavy (non-hydrogen) atoms. The molecule has 0 aromatic heterocycles. The Hall–Kier alpha value is -3.28. The molecule has 0 atom stereocenters. The van der Waals surface area contributed by atoms with Gasteiger partial charge in [0.2, 0.25) is 5.91 Å². The first kappa shape index (κ1) is 18.5. The van der Waals surface area contributed by atoms with Crippen molar-refractivity contribution in [3.8, 4) is 5.75 Å². The lowest BCUT2D eigenvalue weighted by molar-refractivity contribution is -0.117. The number of rotatable bonds is 7. The number of amides is 3. The monoisotopic (exact) mass is 365 g/mol. The van der Waals surface area contributed by atoms with Gasteiger partial charge in [-0.2, -0.15) is 0 Å². The zero-order chi connectivity index (χ0) is 19.1. The SMILES string of the molecule is C=CCOc1ccccc1CNC(=O)NCC(=O)N1CCc2ccccc21. The molecule has 0 spiro atoms. The minimum atomic E-state index is -0.394. The van der Waals surface area contributed by atoms with Gasteiger partial charge in [0.1, 0.15) is 12.4 Å². The van der Waals surface area contributed by atoms with E-state index in [2.05, 4.69) is 17.2 Å². The van der Waals surface area contributed by atoms with E-state index >= 15 is 0 Å². The average molecular weight is 365 g/mol. The predicted molar refractivity (Wildman–Crippen MR) is 105 cm³/mol. The molecule has 0 saturated heterocycles. The second kappa shape index (κ2) is 8.89. The van der Waals surface area contributed by atoms with Gasteiger partial charge in [-0.05, 0) is 24.1 Å². The largest absolute Gasteiger partial charge is 0.489 e. The van der Waals surface area contributed by atoms with Crippen molar-refractivity contribution in [2.45, 2.75) is 13.0 Å². The quantitative estimate of drug-likeness (QED) is 0.741. The highest BCUT2D eigenvalue weighted by Gasteiger charge is 2.24. The third-order valence-electron chi connectivity index (χ3n) is 4.36. The number of benzene rings is 2. The van der Waals surface area contributed by atoms with Crippen molar-refractivity contribution in [2.75, 3.05) is 24.6 Å². The van der Waals surface area contributed by atoms with E-state index in [4.69, 9.17) is 4.74 Å². The van der Waals surface area contributed by atoms with Crippen LogP contribution in [0.4, 0.5) is 10.5 Å². The van der Waals surface area contributed by atoms with Crippen LogP contribution in [0.3, 0.4) is 0 Å². The first-order chi connectivity index (χ1) is 13.2. The maximum atomic E-state index is 12.4. The summed E-state index contributed by atoms with van der Waals surface area (Å²) < 4.78 is 5.57. The van der Waals surface area contributed by atoms with Crippen LogP contribution < -0.4 is 20.3 Å². The molecule has 2 aromatic carbocycles. The summed E-state index contributed by atoms with van der Waals surface area (Å²) in [4.78, 5) is 26.2. The van der Waals surface area contributed by atoms with Crippen molar-refractivity contribution in [1.82, 2.24) is 10.6 Å². The summed E-state index contributed by atoms with van der Waals surface area (Å²) in [5.41, 5.74) is 2.94. The average Bonchev–Trinajstić information content (AvgIpc) is 3.13. The number of anilines is 1. The molecular weight excluding hydrogens is 342 g/mol. The first-order valence-corrected chi connectivity index (χ1v) is 8.90. The number of ether oxygens (including phenoxy) is 1. The maximum Gasteiger partial charge on any atom is 0.315 e. The number of urea groups is 1. The van der Waals surface area contributed by atoms with Crippen LogP contribution in [0.2, 0.25) is 0 Å². The second-order valence-corrected chi connectivity index (χ2v) is 6.17. The molecule has 0 aliphatic carbocycles. The molecule has 0 radical (unpaired) electrons. The highest BCUT2D eigenvalue weighted by molar-refractivity contribution is 5.98.